The number of sulfonamides is 1. The fourth-order valence-corrected chi connectivity index (χ4v) is 5.82. The van der Waals surface area contributed by atoms with E-state index < -0.39 is 10.0 Å². The van der Waals surface area contributed by atoms with Crippen LogP contribution < -0.4 is 9.62 Å². The minimum atomic E-state index is -3.52. The van der Waals surface area contributed by atoms with Gasteiger partial charge in [0.15, 0.2) is 0 Å². The molecule has 1 saturated carbocycles. The van der Waals surface area contributed by atoms with E-state index in [1.54, 1.807) is 28.6 Å². The van der Waals surface area contributed by atoms with Crippen molar-refractivity contribution in [2.24, 2.45) is 0 Å². The SMILES string of the molecule is O=S(=O)(c1ccccc1)N1CCCc2cc(C3CC3Nc3ccccc3)ccc21. The van der Waals surface area contributed by atoms with E-state index >= 15 is 0 Å². The van der Waals surface area contributed by atoms with E-state index in [1.807, 2.05) is 30.3 Å². The van der Waals surface area contributed by atoms with Crippen molar-refractivity contribution in [3.63, 3.8) is 0 Å². The number of nitrogens with one attached hydrogen (secondary N) is 1. The molecule has 4 nitrogen and oxygen atoms in total. The molecular formula is C24H24N2O2S. The quantitative estimate of drug-likeness (QED) is 0.665. The summed E-state index contributed by atoms with van der Waals surface area (Å²) < 4.78 is 27.9. The van der Waals surface area contributed by atoms with E-state index in [-0.39, 0.29) is 0 Å². The smallest absolute Gasteiger partial charge is 0.264 e. The Morgan fingerprint density at radius 3 is 2.38 bits per heavy atom. The van der Waals surface area contributed by atoms with Gasteiger partial charge in [-0.15, -0.1) is 0 Å². The van der Waals surface area contributed by atoms with Crippen molar-refractivity contribution in [1.82, 2.24) is 0 Å². The summed E-state index contributed by atoms with van der Waals surface area (Å²) in [5, 5.41) is 3.59. The Hall–Kier alpha value is -2.79. The molecule has 1 aliphatic carbocycles. The molecule has 0 bridgehead atoms. The van der Waals surface area contributed by atoms with Gasteiger partial charge in [-0.05, 0) is 60.7 Å². The zero-order valence-corrected chi connectivity index (χ0v) is 17.0. The van der Waals surface area contributed by atoms with Crippen molar-refractivity contribution < 1.29 is 8.42 Å². The van der Waals surface area contributed by atoms with Gasteiger partial charge in [0.25, 0.3) is 10.0 Å². The maximum Gasteiger partial charge on any atom is 0.264 e. The van der Waals surface area contributed by atoms with Crippen molar-refractivity contribution in [3.05, 3.63) is 90.0 Å². The molecule has 1 fully saturated rings. The van der Waals surface area contributed by atoms with Gasteiger partial charge in [-0.25, -0.2) is 8.42 Å². The molecule has 1 aliphatic heterocycles. The number of rotatable bonds is 5. The second-order valence-corrected chi connectivity index (χ2v) is 9.70. The molecule has 0 radical (unpaired) electrons. The summed E-state index contributed by atoms with van der Waals surface area (Å²) in [7, 11) is -3.52. The number of para-hydroxylation sites is 1. The lowest BCUT2D eigenvalue weighted by atomic mass is 9.99. The highest BCUT2D eigenvalue weighted by atomic mass is 32.2. The molecule has 0 saturated heterocycles. The molecule has 3 aromatic rings. The first-order valence-corrected chi connectivity index (χ1v) is 11.6. The van der Waals surface area contributed by atoms with Crippen molar-refractivity contribution >= 4 is 21.4 Å². The molecule has 0 aromatic heterocycles. The highest BCUT2D eigenvalue weighted by molar-refractivity contribution is 7.92. The lowest BCUT2D eigenvalue weighted by Crippen LogP contribution is -2.35. The third kappa shape index (κ3) is 3.51. The van der Waals surface area contributed by atoms with Gasteiger partial charge in [0.05, 0.1) is 10.6 Å². The fraction of sp³-hybridized carbons (Fsp3) is 0.250. The third-order valence-corrected chi connectivity index (χ3v) is 7.68. The molecule has 2 aliphatic rings. The van der Waals surface area contributed by atoms with Crippen LogP contribution in [0.2, 0.25) is 0 Å². The van der Waals surface area contributed by atoms with Crippen molar-refractivity contribution in [2.75, 3.05) is 16.2 Å². The van der Waals surface area contributed by atoms with Gasteiger partial charge in [0.2, 0.25) is 0 Å². The standard InChI is InChI=1S/C24H24N2O2S/c27-29(28,21-11-5-2-6-12-21)26-15-7-8-19-16-18(13-14-24(19)26)22-17-23(22)25-20-9-3-1-4-10-20/h1-6,9-14,16,22-23,25H,7-8,15,17H2. The van der Waals surface area contributed by atoms with Gasteiger partial charge in [0, 0.05) is 24.2 Å². The Labute approximate surface area is 172 Å². The normalized spacial score (nSPS) is 20.8. The molecule has 5 rings (SSSR count). The highest BCUT2D eigenvalue weighted by Gasteiger charge is 2.39. The second-order valence-electron chi connectivity index (χ2n) is 7.84. The summed E-state index contributed by atoms with van der Waals surface area (Å²) in [5.41, 5.74) is 4.42. The third-order valence-electron chi connectivity index (χ3n) is 5.86. The van der Waals surface area contributed by atoms with E-state index in [0.29, 0.717) is 23.4 Å². The van der Waals surface area contributed by atoms with Gasteiger partial charge < -0.3 is 5.32 Å². The zero-order valence-electron chi connectivity index (χ0n) is 16.2. The van der Waals surface area contributed by atoms with Gasteiger partial charge in [-0.3, -0.25) is 4.31 Å². The monoisotopic (exact) mass is 404 g/mol. The maximum absolute atomic E-state index is 13.2. The Morgan fingerprint density at radius 1 is 0.897 bits per heavy atom. The van der Waals surface area contributed by atoms with Crippen molar-refractivity contribution in [2.45, 2.75) is 36.1 Å². The molecule has 29 heavy (non-hydrogen) atoms. The summed E-state index contributed by atoms with van der Waals surface area (Å²) in [6, 6.07) is 25.8. The molecule has 2 atom stereocenters. The number of nitrogens with zero attached hydrogens (tertiary/aromatic N) is 1. The number of hydrogen-bond donors (Lipinski definition) is 1. The number of benzene rings is 3. The number of anilines is 2. The molecule has 148 valence electrons. The van der Waals surface area contributed by atoms with E-state index in [2.05, 4.69) is 29.6 Å². The van der Waals surface area contributed by atoms with Gasteiger partial charge in [0.1, 0.15) is 0 Å². The largest absolute Gasteiger partial charge is 0.382 e. The first-order chi connectivity index (χ1) is 14.1. The van der Waals surface area contributed by atoms with Crippen LogP contribution in [0.5, 0.6) is 0 Å². The number of aryl methyl sites for hydroxylation is 1. The number of fused-ring (bicyclic) bond motifs is 1. The zero-order chi connectivity index (χ0) is 19.8. The van der Waals surface area contributed by atoms with Crippen molar-refractivity contribution in [3.8, 4) is 0 Å². The van der Waals surface area contributed by atoms with Gasteiger partial charge in [-0.1, -0.05) is 48.5 Å². The highest BCUT2D eigenvalue weighted by Crippen LogP contribution is 2.44. The summed E-state index contributed by atoms with van der Waals surface area (Å²) in [6.07, 6.45) is 2.88. The average Bonchev–Trinajstić information content (AvgIpc) is 3.53. The van der Waals surface area contributed by atoms with Crippen LogP contribution in [0.3, 0.4) is 0 Å². The molecule has 1 N–H and O–H groups in total. The summed E-state index contributed by atoms with van der Waals surface area (Å²) >= 11 is 0. The van der Waals surface area contributed by atoms with Crippen LogP contribution in [0, 0.1) is 0 Å². The molecular weight excluding hydrogens is 380 g/mol. The minimum absolute atomic E-state index is 0.353. The number of hydrogen-bond acceptors (Lipinski definition) is 3. The van der Waals surface area contributed by atoms with E-state index in [9.17, 15) is 8.42 Å². The van der Waals surface area contributed by atoms with Crippen LogP contribution >= 0.6 is 0 Å². The minimum Gasteiger partial charge on any atom is -0.382 e. The second kappa shape index (κ2) is 7.23. The van der Waals surface area contributed by atoms with Gasteiger partial charge >= 0.3 is 0 Å². The van der Waals surface area contributed by atoms with E-state index in [0.717, 1.165) is 36.2 Å². The Morgan fingerprint density at radius 2 is 1.62 bits per heavy atom. The lowest BCUT2D eigenvalue weighted by Gasteiger charge is -2.31. The molecule has 1 heterocycles. The first-order valence-electron chi connectivity index (χ1n) is 10.2. The summed E-state index contributed by atoms with van der Waals surface area (Å²) in [6.45, 7) is 0.533. The topological polar surface area (TPSA) is 49.4 Å². The first kappa shape index (κ1) is 18.3. The Bertz CT molecular complexity index is 1110. The molecule has 0 spiro atoms. The predicted molar refractivity (Wildman–Crippen MR) is 117 cm³/mol. The van der Waals surface area contributed by atoms with Crippen LogP contribution in [0.1, 0.15) is 29.9 Å². The van der Waals surface area contributed by atoms with Crippen LogP contribution in [-0.2, 0) is 16.4 Å². The lowest BCUT2D eigenvalue weighted by molar-refractivity contribution is 0.586. The fourth-order valence-electron chi connectivity index (χ4n) is 4.25. The van der Waals surface area contributed by atoms with Crippen LogP contribution in [0.15, 0.2) is 83.8 Å². The van der Waals surface area contributed by atoms with E-state index in [1.165, 1.54) is 5.56 Å². The van der Waals surface area contributed by atoms with E-state index in [4.69, 9.17) is 0 Å². The average molecular weight is 405 g/mol. The van der Waals surface area contributed by atoms with Gasteiger partial charge in [-0.2, -0.15) is 0 Å². The molecule has 3 aromatic carbocycles. The molecule has 2 unspecified atom stereocenters. The predicted octanol–water partition coefficient (Wildman–Crippen LogP) is 4.80. The van der Waals surface area contributed by atoms with Crippen molar-refractivity contribution in [1.29, 1.82) is 0 Å². The van der Waals surface area contributed by atoms with Crippen LogP contribution in [0.25, 0.3) is 0 Å². The Kier molecular flexibility index (Phi) is 4.55. The molecule has 5 heteroatoms. The molecule has 0 amide bonds. The van der Waals surface area contributed by atoms with Crippen LogP contribution in [0.4, 0.5) is 11.4 Å². The maximum atomic E-state index is 13.2. The Balaban J connectivity index is 1.38. The van der Waals surface area contributed by atoms with Crippen LogP contribution in [-0.4, -0.2) is 21.0 Å². The summed E-state index contributed by atoms with van der Waals surface area (Å²) in [4.78, 5) is 0.353. The summed E-state index contributed by atoms with van der Waals surface area (Å²) in [5.74, 6) is 0.488.